The smallest absolute Gasteiger partial charge is 0.339 e. The molecule has 0 saturated carbocycles. The maximum Gasteiger partial charge on any atom is 0.339 e. The van der Waals surface area contributed by atoms with Crippen LogP contribution in [0.25, 0.3) is 0 Å². The average molecular weight is 636 g/mol. The van der Waals surface area contributed by atoms with Gasteiger partial charge in [0, 0.05) is 6.42 Å². The van der Waals surface area contributed by atoms with Crippen molar-refractivity contribution in [1.29, 1.82) is 0 Å². The zero-order valence-corrected chi connectivity index (χ0v) is 26.8. The summed E-state index contributed by atoms with van der Waals surface area (Å²) in [7, 11) is 0. The van der Waals surface area contributed by atoms with E-state index >= 15 is 0 Å². The molecule has 250 valence electrons. The number of aromatic carboxylic acids is 2. The van der Waals surface area contributed by atoms with Crippen LogP contribution in [0.2, 0.25) is 0 Å². The van der Waals surface area contributed by atoms with E-state index in [1.54, 1.807) is 30.4 Å². The third kappa shape index (κ3) is 14.7. The summed E-state index contributed by atoms with van der Waals surface area (Å²) in [5, 5.41) is 27.0. The zero-order chi connectivity index (χ0) is 33.7. The van der Waals surface area contributed by atoms with Crippen molar-refractivity contribution in [3.8, 4) is 0 Å². The van der Waals surface area contributed by atoms with Crippen LogP contribution in [-0.4, -0.2) is 44.9 Å². The standard InChI is InChI=1S/C26H41NO5.C11H8O3/c27-24(28)17-15-13-11-9-7-5-3-1-2-4-6-8-10-12-14-16-21-18-22(25(29)30)20-23(19-21)26(31)32;12-10-8-4-2-1-3-7(8)5-6-9(10)11(13)14/h18-20H,1-17H2,(H2,27,28)(H,29,30)(H,31,32);1-6,8H,(H,13,14). The van der Waals surface area contributed by atoms with E-state index in [2.05, 4.69) is 0 Å². The molecular weight excluding hydrogens is 586 g/mol. The van der Waals surface area contributed by atoms with Crippen LogP contribution < -0.4 is 5.73 Å². The van der Waals surface area contributed by atoms with E-state index in [4.69, 9.17) is 21.1 Å². The van der Waals surface area contributed by atoms with Crippen LogP contribution >= 0.6 is 0 Å². The van der Waals surface area contributed by atoms with Crippen LogP contribution in [0, 0.1) is 5.92 Å². The second kappa shape index (κ2) is 21.5. The molecule has 1 aromatic rings. The largest absolute Gasteiger partial charge is 0.478 e. The minimum atomic E-state index is -1.16. The summed E-state index contributed by atoms with van der Waals surface area (Å²) < 4.78 is 0. The lowest BCUT2D eigenvalue weighted by molar-refractivity contribution is -0.135. The molecule has 46 heavy (non-hydrogen) atoms. The van der Waals surface area contributed by atoms with Crippen molar-refractivity contribution >= 4 is 29.6 Å². The summed E-state index contributed by atoms with van der Waals surface area (Å²) >= 11 is 0. The number of hydrogen-bond donors (Lipinski definition) is 4. The number of amides is 1. The summed E-state index contributed by atoms with van der Waals surface area (Å²) in [5.74, 6) is -4.28. The molecule has 0 heterocycles. The molecule has 9 heteroatoms. The zero-order valence-electron chi connectivity index (χ0n) is 26.8. The van der Waals surface area contributed by atoms with Gasteiger partial charge in [0.05, 0.1) is 17.0 Å². The van der Waals surface area contributed by atoms with E-state index in [1.165, 1.54) is 82.8 Å². The van der Waals surface area contributed by atoms with Crippen LogP contribution in [-0.2, 0) is 20.8 Å². The topological polar surface area (TPSA) is 172 Å². The fourth-order valence-electron chi connectivity index (χ4n) is 5.57. The summed E-state index contributed by atoms with van der Waals surface area (Å²) in [5.41, 5.74) is 6.71. The lowest BCUT2D eigenvalue weighted by Crippen LogP contribution is -2.24. The number of primary amides is 1. The number of carboxylic acids is 3. The second-order valence-electron chi connectivity index (χ2n) is 11.9. The Hall–Kier alpha value is -4.27. The van der Waals surface area contributed by atoms with Gasteiger partial charge in [0.2, 0.25) is 5.91 Å². The number of fused-ring (bicyclic) bond motifs is 1. The molecule has 0 aliphatic heterocycles. The molecule has 0 bridgehead atoms. The van der Waals surface area contributed by atoms with Crippen molar-refractivity contribution in [2.45, 2.75) is 109 Å². The third-order valence-corrected chi connectivity index (χ3v) is 8.16. The van der Waals surface area contributed by atoms with Crippen molar-refractivity contribution in [3.63, 3.8) is 0 Å². The molecule has 2 aliphatic carbocycles. The minimum Gasteiger partial charge on any atom is -0.478 e. The van der Waals surface area contributed by atoms with Gasteiger partial charge in [0.15, 0.2) is 5.78 Å². The van der Waals surface area contributed by atoms with Crippen molar-refractivity contribution < 1.29 is 39.3 Å². The quantitative estimate of drug-likeness (QED) is 0.0789. The SMILES string of the molecule is NC(=O)CCCCCCCCCCCCCCCCCc1cc(C(=O)O)cc(C(=O)O)c1.O=C(O)C1=CC=C2C=CC=CC2C1=O. The minimum absolute atomic E-state index is 0.0418. The summed E-state index contributed by atoms with van der Waals surface area (Å²) in [6.45, 7) is 0. The maximum atomic E-state index is 11.6. The highest BCUT2D eigenvalue weighted by Gasteiger charge is 2.29. The van der Waals surface area contributed by atoms with Gasteiger partial charge in [-0.2, -0.15) is 0 Å². The number of hydrogen-bond acceptors (Lipinski definition) is 5. The van der Waals surface area contributed by atoms with E-state index < -0.39 is 23.8 Å². The highest BCUT2D eigenvalue weighted by Crippen LogP contribution is 2.27. The van der Waals surface area contributed by atoms with Gasteiger partial charge in [0.1, 0.15) is 5.57 Å². The molecule has 2 aliphatic rings. The Kier molecular flexibility index (Phi) is 17.7. The van der Waals surface area contributed by atoms with Gasteiger partial charge >= 0.3 is 17.9 Å². The van der Waals surface area contributed by atoms with Gasteiger partial charge in [-0.3, -0.25) is 9.59 Å². The number of ketones is 1. The monoisotopic (exact) mass is 635 g/mol. The van der Waals surface area contributed by atoms with E-state index in [-0.39, 0.29) is 28.4 Å². The number of benzene rings is 1. The van der Waals surface area contributed by atoms with Crippen molar-refractivity contribution in [2.75, 3.05) is 0 Å². The van der Waals surface area contributed by atoms with E-state index in [0.29, 0.717) is 12.8 Å². The van der Waals surface area contributed by atoms with Crippen LogP contribution in [0.15, 0.2) is 65.8 Å². The number of aryl methyl sites for hydroxylation is 1. The molecule has 5 N–H and O–H groups in total. The molecule has 3 rings (SSSR count). The van der Waals surface area contributed by atoms with Crippen molar-refractivity contribution in [2.24, 2.45) is 11.7 Å². The Bertz CT molecular complexity index is 1290. The van der Waals surface area contributed by atoms with Crippen LogP contribution in [0.5, 0.6) is 0 Å². The maximum absolute atomic E-state index is 11.6. The van der Waals surface area contributed by atoms with E-state index in [1.807, 2.05) is 12.2 Å². The lowest BCUT2D eigenvalue weighted by Gasteiger charge is -2.18. The first-order chi connectivity index (χ1) is 22.1. The van der Waals surface area contributed by atoms with Crippen LogP contribution in [0.4, 0.5) is 0 Å². The fraction of sp³-hybridized carbons (Fsp3) is 0.486. The molecule has 0 aromatic heterocycles. The summed E-state index contributed by atoms with van der Waals surface area (Å²) in [4.78, 5) is 55.3. The Balaban J connectivity index is 0.000000432. The summed E-state index contributed by atoms with van der Waals surface area (Å²) in [6, 6.07) is 4.38. The molecule has 0 saturated heterocycles. The van der Waals surface area contributed by atoms with Gasteiger partial charge in [0.25, 0.3) is 0 Å². The Morgan fingerprint density at radius 2 is 1.09 bits per heavy atom. The molecule has 0 fully saturated rings. The molecule has 0 spiro atoms. The molecule has 1 atom stereocenters. The van der Waals surface area contributed by atoms with Crippen LogP contribution in [0.1, 0.15) is 129 Å². The number of carboxylic acid groups (broad SMARTS) is 3. The lowest BCUT2D eigenvalue weighted by atomic mass is 9.83. The van der Waals surface area contributed by atoms with Gasteiger partial charge in [-0.1, -0.05) is 114 Å². The molecular formula is C37H49NO8. The molecule has 1 aromatic carbocycles. The van der Waals surface area contributed by atoms with Crippen molar-refractivity contribution in [1.82, 2.24) is 0 Å². The number of rotatable bonds is 21. The molecule has 1 unspecified atom stereocenters. The fourth-order valence-corrected chi connectivity index (χ4v) is 5.57. The summed E-state index contributed by atoms with van der Waals surface area (Å²) in [6.07, 6.45) is 29.4. The Morgan fingerprint density at radius 3 is 1.54 bits per heavy atom. The van der Waals surface area contributed by atoms with Gasteiger partial charge in [-0.25, -0.2) is 14.4 Å². The van der Waals surface area contributed by atoms with Gasteiger partial charge in [-0.05, 0) is 54.7 Å². The van der Waals surface area contributed by atoms with E-state index in [0.717, 1.165) is 36.8 Å². The molecule has 1 amide bonds. The predicted molar refractivity (Wildman–Crippen MR) is 178 cm³/mol. The second-order valence-corrected chi connectivity index (χ2v) is 11.9. The van der Waals surface area contributed by atoms with Gasteiger partial charge < -0.3 is 21.1 Å². The van der Waals surface area contributed by atoms with Crippen LogP contribution in [0.3, 0.4) is 0 Å². The molecule has 9 nitrogen and oxygen atoms in total. The number of allylic oxidation sites excluding steroid dienone is 7. The average Bonchev–Trinajstić information content (AvgIpc) is 3.02. The van der Waals surface area contributed by atoms with E-state index in [9.17, 15) is 24.0 Å². The first-order valence-corrected chi connectivity index (χ1v) is 16.5. The highest BCUT2D eigenvalue weighted by molar-refractivity contribution is 6.20. The first kappa shape index (κ1) is 37.9. The van der Waals surface area contributed by atoms with Crippen molar-refractivity contribution in [3.05, 3.63) is 82.5 Å². The Labute approximate surface area is 272 Å². The number of unbranched alkanes of at least 4 members (excludes halogenated alkanes) is 14. The molecule has 0 radical (unpaired) electrons. The third-order valence-electron chi connectivity index (χ3n) is 8.16. The highest BCUT2D eigenvalue weighted by atomic mass is 16.4. The number of carbonyl (C=O) groups is 5. The van der Waals surface area contributed by atoms with Gasteiger partial charge in [-0.15, -0.1) is 0 Å². The first-order valence-electron chi connectivity index (χ1n) is 16.5. The normalized spacial score (nSPS) is 14.9. The number of nitrogens with two attached hydrogens (primary N) is 1. The predicted octanol–water partition coefficient (Wildman–Crippen LogP) is 7.60. The number of carbonyl (C=O) groups excluding carboxylic acids is 2. The number of Topliss-reactive ketones (excluding diaryl/α,β-unsaturated/α-hetero) is 1. The Morgan fingerprint density at radius 1 is 0.609 bits per heavy atom. The number of aliphatic carboxylic acids is 1.